The van der Waals surface area contributed by atoms with Gasteiger partial charge in [-0.25, -0.2) is 9.37 Å². The maximum atomic E-state index is 13.5. The maximum absolute atomic E-state index is 13.5. The van der Waals surface area contributed by atoms with E-state index in [0.717, 1.165) is 36.9 Å². The molecule has 0 spiro atoms. The number of nitrogens with zero attached hydrogens (tertiary/aromatic N) is 3. The number of aryl methyl sites for hydroxylation is 2. The molecule has 3 aromatic carbocycles. The Balaban J connectivity index is 0.000000184. The Morgan fingerprint density at radius 3 is 2.14 bits per heavy atom. The number of aromatic nitrogens is 3. The second-order valence-electron chi connectivity index (χ2n) is 14.3. The van der Waals surface area contributed by atoms with Crippen molar-refractivity contribution in [2.45, 2.75) is 85.1 Å². The van der Waals surface area contributed by atoms with Crippen LogP contribution in [0.25, 0.3) is 34.7 Å². The van der Waals surface area contributed by atoms with E-state index >= 15 is 0 Å². The number of hydrogen-bond donors (Lipinski definition) is 2. The lowest BCUT2D eigenvalue weighted by atomic mass is 9.92. The van der Waals surface area contributed by atoms with Crippen LogP contribution >= 0.6 is 0 Å². The van der Waals surface area contributed by atoms with E-state index in [2.05, 4.69) is 108 Å². The third-order valence-corrected chi connectivity index (χ3v) is 9.87. The highest BCUT2D eigenvalue weighted by Gasteiger charge is 2.14. The summed E-state index contributed by atoms with van der Waals surface area (Å²) in [5.41, 5.74) is 10.7. The van der Waals surface area contributed by atoms with Crippen LogP contribution in [0, 0.1) is 12.7 Å². The molecule has 7 rings (SSSR count). The zero-order chi connectivity index (χ0) is 40.1. The van der Waals surface area contributed by atoms with E-state index in [1.54, 1.807) is 30.7 Å². The van der Waals surface area contributed by atoms with Crippen LogP contribution < -0.4 is 16.2 Å². The lowest BCUT2D eigenvalue weighted by molar-refractivity contribution is 0.504. The molecule has 56 heavy (non-hydrogen) atoms. The molecule has 0 radical (unpaired) electrons. The smallest absolute Gasteiger partial charge is 0.277 e. The summed E-state index contributed by atoms with van der Waals surface area (Å²) < 4.78 is 15.2. The van der Waals surface area contributed by atoms with Gasteiger partial charge in [-0.1, -0.05) is 130 Å². The standard InChI is InChI=1S/C18H20FN3O.C14H12.C13H20N2.C4H8/c1-12-10-14(6-7-15(12)19)17-21-11-16(20-2)18(23)22(17)9-8-13-4-3-5-13;1-2-12-8-10-14(11-9-12)13-6-4-3-5-7-13;1-4-5-12-6-7-15-10-13(12)8-11(2)9-14-3;1-2-4-3-1/h6-8,10-11,20H,3-5,9H2,1-2H3;2-11H,1H2;6-8,10,14H,4-5,9H2,1-3H3;1-4H2/b;;11-8+;. The fraction of sp³-hybridized carbons (Fsp3) is 0.327. The highest BCUT2D eigenvalue weighted by molar-refractivity contribution is 5.65. The molecular formula is C49H60FN5O. The summed E-state index contributed by atoms with van der Waals surface area (Å²) in [7, 11) is 3.67. The summed E-state index contributed by atoms with van der Waals surface area (Å²) in [5.74, 6) is 0.305. The molecule has 0 atom stereocenters. The number of allylic oxidation sites excluding steroid dienone is 2. The molecule has 0 amide bonds. The normalized spacial score (nSPS) is 12.9. The predicted molar refractivity (Wildman–Crippen MR) is 236 cm³/mol. The Hall–Kier alpha value is -5.40. The van der Waals surface area contributed by atoms with Crippen LogP contribution in [0.2, 0.25) is 0 Å². The predicted octanol–water partition coefficient (Wildman–Crippen LogP) is 11.7. The van der Waals surface area contributed by atoms with Crippen LogP contribution in [0.1, 0.15) is 87.5 Å². The van der Waals surface area contributed by atoms with Gasteiger partial charge in [-0.2, -0.15) is 0 Å². The molecule has 2 aliphatic rings. The number of likely N-dealkylation sites (N-methyl/N-ethyl adjacent to an activating group) is 1. The van der Waals surface area contributed by atoms with Gasteiger partial charge in [0.15, 0.2) is 0 Å². The first-order valence-electron chi connectivity index (χ1n) is 20.0. The van der Waals surface area contributed by atoms with Gasteiger partial charge in [0.25, 0.3) is 5.56 Å². The van der Waals surface area contributed by atoms with Crippen LogP contribution in [0.5, 0.6) is 0 Å². The summed E-state index contributed by atoms with van der Waals surface area (Å²) >= 11 is 0. The first kappa shape index (κ1) is 43.3. The van der Waals surface area contributed by atoms with Gasteiger partial charge in [0.2, 0.25) is 0 Å². The minimum absolute atomic E-state index is 0.115. The molecule has 294 valence electrons. The average Bonchev–Trinajstić information content (AvgIpc) is 3.17. The SMILES string of the molecule is C1CCC1.C=Cc1ccc(-c2ccccc2)cc1.CCCc1ccncc1/C=C(\C)CNC.CNc1cnc(-c2ccc(F)c(C)c2)n(CC=C2CCC2)c1=O. The maximum Gasteiger partial charge on any atom is 0.277 e. The first-order valence-corrected chi connectivity index (χ1v) is 20.0. The third-order valence-electron chi connectivity index (χ3n) is 9.87. The summed E-state index contributed by atoms with van der Waals surface area (Å²) in [6.07, 6.45) is 23.3. The van der Waals surface area contributed by atoms with Crippen molar-refractivity contribution < 1.29 is 4.39 Å². The number of benzene rings is 3. The number of pyridine rings is 1. The van der Waals surface area contributed by atoms with Crippen molar-refractivity contribution in [2.24, 2.45) is 0 Å². The summed E-state index contributed by atoms with van der Waals surface area (Å²) in [4.78, 5) is 21.2. The number of nitrogens with one attached hydrogen (secondary N) is 2. The molecule has 0 aliphatic heterocycles. The molecule has 2 saturated carbocycles. The van der Waals surface area contributed by atoms with E-state index in [4.69, 9.17) is 0 Å². The molecule has 0 unspecified atom stereocenters. The van der Waals surface area contributed by atoms with Crippen LogP contribution in [-0.4, -0.2) is 35.2 Å². The Labute approximate surface area is 334 Å². The summed E-state index contributed by atoms with van der Waals surface area (Å²) in [6, 6.07) is 25.7. The largest absolute Gasteiger partial charge is 0.382 e. The summed E-state index contributed by atoms with van der Waals surface area (Å²) in [6.45, 7) is 11.2. The van der Waals surface area contributed by atoms with Crippen LogP contribution in [-0.2, 0) is 13.0 Å². The molecule has 0 saturated heterocycles. The lowest BCUT2D eigenvalue weighted by Gasteiger charge is -2.18. The monoisotopic (exact) mass is 753 g/mol. The minimum atomic E-state index is -0.258. The Kier molecular flexibility index (Phi) is 18.2. The van der Waals surface area contributed by atoms with Gasteiger partial charge in [-0.15, -0.1) is 0 Å². The van der Waals surface area contributed by atoms with Gasteiger partial charge in [0.05, 0.1) is 6.20 Å². The van der Waals surface area contributed by atoms with Crippen molar-refractivity contribution in [3.05, 3.63) is 160 Å². The van der Waals surface area contributed by atoms with Crippen LogP contribution in [0.15, 0.2) is 126 Å². The van der Waals surface area contributed by atoms with Crippen molar-refractivity contribution in [1.82, 2.24) is 19.9 Å². The molecule has 2 aromatic heterocycles. The highest BCUT2D eigenvalue weighted by atomic mass is 19.1. The number of rotatable bonds is 11. The molecule has 6 nitrogen and oxygen atoms in total. The number of halogens is 1. The molecule has 2 N–H and O–H groups in total. The second kappa shape index (κ2) is 23.5. The molecule has 7 heteroatoms. The van der Waals surface area contributed by atoms with Gasteiger partial charge in [0, 0.05) is 38.1 Å². The Morgan fingerprint density at radius 2 is 1.57 bits per heavy atom. The van der Waals surface area contributed by atoms with E-state index in [0.29, 0.717) is 23.6 Å². The zero-order valence-electron chi connectivity index (χ0n) is 34.1. The van der Waals surface area contributed by atoms with Gasteiger partial charge >= 0.3 is 0 Å². The van der Waals surface area contributed by atoms with Crippen molar-refractivity contribution in [2.75, 3.05) is 26.0 Å². The third kappa shape index (κ3) is 13.4. The number of hydrogen-bond acceptors (Lipinski definition) is 5. The number of anilines is 1. The van der Waals surface area contributed by atoms with Crippen molar-refractivity contribution in [3.8, 4) is 22.5 Å². The molecule has 0 bridgehead atoms. The van der Waals surface area contributed by atoms with E-state index < -0.39 is 0 Å². The Morgan fingerprint density at radius 1 is 0.893 bits per heavy atom. The molecule has 2 fully saturated rings. The van der Waals surface area contributed by atoms with E-state index in [-0.39, 0.29) is 11.4 Å². The van der Waals surface area contributed by atoms with Crippen molar-refractivity contribution >= 4 is 17.8 Å². The topological polar surface area (TPSA) is 71.8 Å². The minimum Gasteiger partial charge on any atom is -0.382 e. The Bertz CT molecular complexity index is 2070. The quantitative estimate of drug-likeness (QED) is 0.131. The second-order valence-corrected chi connectivity index (χ2v) is 14.3. The molecule has 2 aliphatic carbocycles. The van der Waals surface area contributed by atoms with Gasteiger partial charge in [0.1, 0.15) is 17.3 Å². The zero-order valence-corrected chi connectivity index (χ0v) is 34.1. The molecule has 2 heterocycles. The van der Waals surface area contributed by atoms with Gasteiger partial charge in [-0.05, 0) is 104 Å². The molecular weight excluding hydrogens is 694 g/mol. The van der Waals surface area contributed by atoms with Gasteiger partial charge in [-0.3, -0.25) is 14.3 Å². The summed E-state index contributed by atoms with van der Waals surface area (Å²) in [5, 5.41) is 6.02. The van der Waals surface area contributed by atoms with E-state index in [1.807, 2.05) is 31.6 Å². The highest BCUT2D eigenvalue weighted by Crippen LogP contribution is 2.26. The first-order chi connectivity index (χ1) is 27.3. The fourth-order valence-corrected chi connectivity index (χ4v) is 6.00. The van der Waals surface area contributed by atoms with E-state index in [9.17, 15) is 9.18 Å². The fourth-order valence-electron chi connectivity index (χ4n) is 6.00. The van der Waals surface area contributed by atoms with Crippen molar-refractivity contribution in [3.63, 3.8) is 0 Å². The van der Waals surface area contributed by atoms with Crippen LogP contribution in [0.4, 0.5) is 10.1 Å². The molecule has 5 aromatic rings. The lowest BCUT2D eigenvalue weighted by Crippen LogP contribution is -2.25. The van der Waals surface area contributed by atoms with Crippen LogP contribution in [0.3, 0.4) is 0 Å². The van der Waals surface area contributed by atoms with Crippen molar-refractivity contribution in [1.29, 1.82) is 0 Å². The van der Waals surface area contributed by atoms with E-state index in [1.165, 1.54) is 84.2 Å². The van der Waals surface area contributed by atoms with Gasteiger partial charge < -0.3 is 10.6 Å². The average molecular weight is 754 g/mol.